The number of hydrogen-bond donors (Lipinski definition) is 2. The Hall–Kier alpha value is -3.35. The molecule has 0 radical (unpaired) electrons. The number of hydrogen-bond acceptors (Lipinski definition) is 5. The van der Waals surface area contributed by atoms with Crippen molar-refractivity contribution in [3.63, 3.8) is 0 Å². The molecule has 156 valence electrons. The van der Waals surface area contributed by atoms with Crippen LogP contribution in [0.1, 0.15) is 20.7 Å². The fourth-order valence-electron chi connectivity index (χ4n) is 3.12. The van der Waals surface area contributed by atoms with Gasteiger partial charge in [0.1, 0.15) is 5.75 Å². The fraction of sp³-hybridized carbons (Fsp3) is 0.238. The van der Waals surface area contributed by atoms with Crippen molar-refractivity contribution in [1.82, 2.24) is 14.5 Å². The second-order valence-corrected chi connectivity index (χ2v) is 8.42. The van der Waals surface area contributed by atoms with Crippen LogP contribution in [0.25, 0.3) is 0 Å². The van der Waals surface area contributed by atoms with E-state index in [1.807, 2.05) is 0 Å². The van der Waals surface area contributed by atoms with Crippen LogP contribution in [0.5, 0.6) is 5.75 Å². The highest BCUT2D eigenvalue weighted by Gasteiger charge is 2.26. The summed E-state index contributed by atoms with van der Waals surface area (Å²) in [5.41, 5.74) is 0.582. The third-order valence-corrected chi connectivity index (χ3v) is 6.18. The number of carbonyl (C=O) groups is 2. The maximum atomic E-state index is 12.7. The first-order chi connectivity index (χ1) is 14.3. The molecule has 30 heavy (non-hydrogen) atoms. The van der Waals surface area contributed by atoms with Crippen LogP contribution >= 0.6 is 0 Å². The molecule has 1 heterocycles. The van der Waals surface area contributed by atoms with Gasteiger partial charge in [-0.2, -0.15) is 4.72 Å². The monoisotopic (exact) mass is 427 g/mol. The highest BCUT2D eigenvalue weighted by molar-refractivity contribution is 7.89. The zero-order valence-corrected chi connectivity index (χ0v) is 16.9. The molecule has 0 unspecified atom stereocenters. The Bertz CT molecular complexity index is 1080. The average molecular weight is 427 g/mol. The van der Waals surface area contributed by atoms with Crippen LogP contribution in [0.3, 0.4) is 0 Å². The van der Waals surface area contributed by atoms with E-state index < -0.39 is 10.0 Å². The van der Waals surface area contributed by atoms with Crippen molar-refractivity contribution < 1.29 is 23.1 Å². The molecule has 0 aromatic heterocycles. The number of phenols is 1. The predicted octanol–water partition coefficient (Wildman–Crippen LogP) is 0.902. The summed E-state index contributed by atoms with van der Waals surface area (Å²) >= 11 is 0. The van der Waals surface area contributed by atoms with E-state index in [9.17, 15) is 23.1 Å². The van der Waals surface area contributed by atoms with E-state index in [0.29, 0.717) is 31.7 Å². The smallest absolute Gasteiger partial charge is 0.257 e. The van der Waals surface area contributed by atoms with Crippen LogP contribution in [0.4, 0.5) is 0 Å². The molecule has 1 saturated heterocycles. The number of carbonyl (C=O) groups excluding carboxylic acids is 2. The number of para-hydroxylation sites is 1. The maximum Gasteiger partial charge on any atom is 0.257 e. The lowest BCUT2D eigenvalue weighted by atomic mass is 10.1. The van der Waals surface area contributed by atoms with Crippen molar-refractivity contribution in [2.45, 2.75) is 4.90 Å². The van der Waals surface area contributed by atoms with Gasteiger partial charge in [0.25, 0.3) is 11.8 Å². The summed E-state index contributed by atoms with van der Waals surface area (Å²) in [4.78, 5) is 28.5. The van der Waals surface area contributed by atoms with Crippen LogP contribution < -0.4 is 4.72 Å². The number of benzene rings is 2. The van der Waals surface area contributed by atoms with Gasteiger partial charge in [0.05, 0.1) is 17.0 Å². The van der Waals surface area contributed by atoms with E-state index in [1.54, 1.807) is 28.0 Å². The van der Waals surface area contributed by atoms with E-state index in [4.69, 9.17) is 6.42 Å². The van der Waals surface area contributed by atoms with E-state index >= 15 is 0 Å². The van der Waals surface area contributed by atoms with Crippen LogP contribution in [0.15, 0.2) is 53.4 Å². The first-order valence-electron chi connectivity index (χ1n) is 9.23. The molecule has 0 bridgehead atoms. The highest BCUT2D eigenvalue weighted by Crippen LogP contribution is 2.19. The maximum absolute atomic E-state index is 12.7. The molecule has 3 rings (SSSR count). The van der Waals surface area contributed by atoms with Gasteiger partial charge >= 0.3 is 0 Å². The van der Waals surface area contributed by atoms with Crippen LogP contribution in [-0.2, 0) is 10.0 Å². The summed E-state index contributed by atoms with van der Waals surface area (Å²) in [7, 11) is -3.72. The molecule has 1 aliphatic rings. The molecule has 0 aliphatic carbocycles. The van der Waals surface area contributed by atoms with Crippen molar-refractivity contribution in [3.05, 3.63) is 59.7 Å². The second-order valence-electron chi connectivity index (χ2n) is 6.65. The number of aromatic hydroxyl groups is 1. The molecule has 8 nitrogen and oxygen atoms in total. The molecule has 9 heteroatoms. The fourth-order valence-corrected chi connectivity index (χ4v) is 4.05. The van der Waals surface area contributed by atoms with Gasteiger partial charge in [0.15, 0.2) is 0 Å². The summed E-state index contributed by atoms with van der Waals surface area (Å²) in [5.74, 6) is 1.59. The number of rotatable bonds is 5. The molecule has 2 aromatic rings. The number of nitrogens with one attached hydrogen (secondary N) is 1. The molecule has 1 aliphatic heterocycles. The Morgan fingerprint density at radius 2 is 1.53 bits per heavy atom. The van der Waals surface area contributed by atoms with Gasteiger partial charge < -0.3 is 14.9 Å². The summed E-state index contributed by atoms with van der Waals surface area (Å²) in [5, 5.41) is 9.86. The first kappa shape index (κ1) is 21.4. The van der Waals surface area contributed by atoms with Crippen molar-refractivity contribution in [2.24, 2.45) is 0 Å². The second kappa shape index (κ2) is 8.98. The summed E-state index contributed by atoms with van der Waals surface area (Å²) in [6, 6.07) is 11.9. The van der Waals surface area contributed by atoms with Crippen molar-refractivity contribution in [3.8, 4) is 18.1 Å². The van der Waals surface area contributed by atoms with Gasteiger partial charge in [-0.25, -0.2) is 8.42 Å². The minimum atomic E-state index is -3.72. The molecule has 2 N–H and O–H groups in total. The summed E-state index contributed by atoms with van der Waals surface area (Å²) in [6.07, 6.45) is 5.07. The quantitative estimate of drug-likeness (QED) is 0.690. The number of sulfonamides is 1. The first-order valence-corrected chi connectivity index (χ1v) is 10.7. The molecule has 0 saturated carbocycles. The van der Waals surface area contributed by atoms with Crippen LogP contribution in [0, 0.1) is 12.3 Å². The Kier molecular flexibility index (Phi) is 6.40. The molecule has 0 atom stereocenters. The van der Waals surface area contributed by atoms with Gasteiger partial charge in [0.2, 0.25) is 10.0 Å². The molecule has 0 spiro atoms. The topological polar surface area (TPSA) is 107 Å². The third-order valence-electron chi connectivity index (χ3n) is 4.76. The molecule has 1 fully saturated rings. The molecular weight excluding hydrogens is 406 g/mol. The van der Waals surface area contributed by atoms with E-state index in [2.05, 4.69) is 10.6 Å². The minimum Gasteiger partial charge on any atom is -0.507 e. The average Bonchev–Trinajstić information content (AvgIpc) is 2.77. The van der Waals surface area contributed by atoms with Crippen LogP contribution in [-0.4, -0.2) is 67.9 Å². The standard InChI is InChI=1S/C21H21N3O5S/c1-2-11-22-30(28,29)17-9-7-16(8-10-17)20(26)23-12-14-24(15-13-23)21(27)18-5-3-4-6-19(18)25/h1,3-10,22,25H,11-15H2. The largest absolute Gasteiger partial charge is 0.507 e. The number of amides is 2. The normalized spacial score (nSPS) is 14.2. The SMILES string of the molecule is C#CCNS(=O)(=O)c1ccc(C(=O)N2CCN(C(=O)c3ccccc3O)CC2)cc1. The Morgan fingerprint density at radius 1 is 0.967 bits per heavy atom. The van der Waals surface area contributed by atoms with Gasteiger partial charge in [0, 0.05) is 31.7 Å². The number of piperazine rings is 1. The number of terminal acetylenes is 1. The summed E-state index contributed by atoms with van der Waals surface area (Å²) in [6.45, 7) is 1.22. The Balaban J connectivity index is 1.62. The van der Waals surface area contributed by atoms with Gasteiger partial charge in [-0.15, -0.1) is 6.42 Å². The van der Waals surface area contributed by atoms with E-state index in [0.717, 1.165) is 0 Å². The Labute approximate surface area is 175 Å². The molecular formula is C21H21N3O5S. The minimum absolute atomic E-state index is 0.0207. The predicted molar refractivity (Wildman–Crippen MR) is 110 cm³/mol. The van der Waals surface area contributed by atoms with Crippen molar-refractivity contribution in [2.75, 3.05) is 32.7 Å². The van der Waals surface area contributed by atoms with Crippen molar-refractivity contribution in [1.29, 1.82) is 0 Å². The van der Waals surface area contributed by atoms with E-state index in [1.165, 1.54) is 30.3 Å². The third kappa shape index (κ3) is 4.62. The number of nitrogens with zero attached hydrogens (tertiary/aromatic N) is 2. The molecule has 2 amide bonds. The molecule has 2 aromatic carbocycles. The number of phenolic OH excluding ortho intramolecular Hbond substituents is 1. The van der Waals surface area contributed by atoms with Crippen LogP contribution in [0.2, 0.25) is 0 Å². The van der Waals surface area contributed by atoms with Gasteiger partial charge in [-0.1, -0.05) is 18.1 Å². The van der Waals surface area contributed by atoms with E-state index in [-0.39, 0.29) is 34.6 Å². The Morgan fingerprint density at radius 3 is 2.10 bits per heavy atom. The lowest BCUT2D eigenvalue weighted by Gasteiger charge is -2.35. The summed E-state index contributed by atoms with van der Waals surface area (Å²) < 4.78 is 26.4. The van der Waals surface area contributed by atoms with Gasteiger partial charge in [-0.05, 0) is 36.4 Å². The van der Waals surface area contributed by atoms with Crippen molar-refractivity contribution >= 4 is 21.8 Å². The lowest BCUT2D eigenvalue weighted by molar-refractivity contribution is 0.0533. The zero-order chi connectivity index (χ0) is 21.7. The van der Waals surface area contributed by atoms with Gasteiger partial charge in [-0.3, -0.25) is 9.59 Å². The zero-order valence-electron chi connectivity index (χ0n) is 16.1. The highest BCUT2D eigenvalue weighted by atomic mass is 32.2. The lowest BCUT2D eigenvalue weighted by Crippen LogP contribution is -2.50.